The van der Waals surface area contributed by atoms with E-state index >= 15 is 0 Å². The van der Waals surface area contributed by atoms with E-state index in [9.17, 15) is 9.36 Å². The zero-order chi connectivity index (χ0) is 23.8. The Morgan fingerprint density at radius 3 is 2.15 bits per heavy atom. The van der Waals surface area contributed by atoms with Crippen LogP contribution < -0.4 is 0 Å². The molecule has 0 aromatic rings. The second-order valence-electron chi connectivity index (χ2n) is 9.10. The summed E-state index contributed by atoms with van der Waals surface area (Å²) >= 11 is 0. The second-order valence-corrected chi connectivity index (χ2v) is 10.7. The van der Waals surface area contributed by atoms with Gasteiger partial charge in [0.2, 0.25) is 0 Å². The quantitative estimate of drug-likeness (QED) is 0.0873. The first-order valence-electron chi connectivity index (χ1n) is 13.0. The van der Waals surface area contributed by atoms with Crippen molar-refractivity contribution in [2.45, 2.75) is 110 Å². The summed E-state index contributed by atoms with van der Waals surface area (Å²) < 4.78 is 34.9. The molecule has 0 N–H and O–H groups in total. The van der Waals surface area contributed by atoms with E-state index in [1.54, 1.807) is 0 Å². The van der Waals surface area contributed by atoms with Gasteiger partial charge in [-0.3, -0.25) is 9.05 Å². The van der Waals surface area contributed by atoms with Gasteiger partial charge in [0.05, 0.1) is 24.7 Å². The van der Waals surface area contributed by atoms with Crippen molar-refractivity contribution in [2.24, 2.45) is 5.92 Å². The molecule has 0 spiro atoms. The maximum Gasteiger partial charge on any atom is 0.529 e. The molecular weight excluding hydrogens is 439 g/mol. The Morgan fingerprint density at radius 2 is 1.55 bits per heavy atom. The van der Waals surface area contributed by atoms with Crippen LogP contribution in [0.25, 0.3) is 0 Å². The van der Waals surface area contributed by atoms with Gasteiger partial charge in [-0.05, 0) is 19.3 Å². The Morgan fingerprint density at radius 1 is 0.939 bits per heavy atom. The van der Waals surface area contributed by atoms with Crippen molar-refractivity contribution in [3.63, 3.8) is 0 Å². The number of esters is 1. The normalized spacial score (nSPS) is 22.4. The number of carbonyl (C=O) groups excluding carboxylic acids is 1. The van der Waals surface area contributed by atoms with Gasteiger partial charge in [0.1, 0.15) is 12.4 Å². The second kappa shape index (κ2) is 16.4. The first kappa shape index (κ1) is 28.0. The minimum atomic E-state index is -3.70. The molecule has 7 heteroatoms. The highest BCUT2D eigenvalue weighted by Gasteiger charge is 2.43. The van der Waals surface area contributed by atoms with Crippen LogP contribution >= 0.6 is 7.82 Å². The van der Waals surface area contributed by atoms with E-state index in [4.69, 9.17) is 24.7 Å². The van der Waals surface area contributed by atoms with Gasteiger partial charge in [-0.25, -0.2) is 9.36 Å². The smallest absolute Gasteiger partial charge is 0.461 e. The molecule has 1 fully saturated rings. The molecule has 0 bridgehead atoms. The standard InChI is InChI=1S/C26H43O6P/c1-3-5-7-8-9-10-11-12-13-14-15-16-17-18-20-30-33(28)31-22-23-21-29-26(27)25(23)24(32-33)19-6-4-2/h1,23H,4-22H2,2H3/t23-,33+/m0/s1. The fraction of sp³-hybridized carbons (Fsp3) is 0.808. The molecule has 2 rings (SSSR count). The number of phosphoric acid groups is 1. The third kappa shape index (κ3) is 10.7. The molecule has 33 heavy (non-hydrogen) atoms. The fourth-order valence-electron chi connectivity index (χ4n) is 4.22. The number of cyclic esters (lactones) is 1. The number of hydrogen-bond donors (Lipinski definition) is 0. The van der Waals surface area contributed by atoms with Gasteiger partial charge in [0.25, 0.3) is 0 Å². The molecule has 2 aliphatic heterocycles. The van der Waals surface area contributed by atoms with Crippen molar-refractivity contribution in [1.82, 2.24) is 0 Å². The van der Waals surface area contributed by atoms with E-state index in [0.717, 1.165) is 38.5 Å². The summed E-state index contributed by atoms with van der Waals surface area (Å²) in [7, 11) is -3.70. The Bertz CT molecular complexity index is 695. The lowest BCUT2D eigenvalue weighted by Crippen LogP contribution is -2.10. The highest BCUT2D eigenvalue weighted by Crippen LogP contribution is 2.55. The molecule has 0 unspecified atom stereocenters. The van der Waals surface area contributed by atoms with Gasteiger partial charge in [0.15, 0.2) is 0 Å². The predicted molar refractivity (Wildman–Crippen MR) is 130 cm³/mol. The van der Waals surface area contributed by atoms with E-state index in [2.05, 4.69) is 12.8 Å². The van der Waals surface area contributed by atoms with Crippen LogP contribution in [-0.4, -0.2) is 25.8 Å². The number of phosphoric ester groups is 1. The summed E-state index contributed by atoms with van der Waals surface area (Å²) in [4.78, 5) is 12.1. The molecule has 0 saturated carbocycles. The Hall–Kier alpha value is -1.28. The van der Waals surface area contributed by atoms with Gasteiger partial charge in [-0.15, -0.1) is 12.3 Å². The summed E-state index contributed by atoms with van der Waals surface area (Å²) in [5.74, 6) is 2.52. The lowest BCUT2D eigenvalue weighted by Gasteiger charge is -2.18. The number of rotatable bonds is 18. The monoisotopic (exact) mass is 482 g/mol. The van der Waals surface area contributed by atoms with Gasteiger partial charge >= 0.3 is 13.8 Å². The van der Waals surface area contributed by atoms with Crippen molar-refractivity contribution in [3.8, 4) is 12.3 Å². The number of allylic oxidation sites excluding steroid dienone is 1. The van der Waals surface area contributed by atoms with E-state index in [-0.39, 0.29) is 25.1 Å². The van der Waals surface area contributed by atoms with Crippen molar-refractivity contribution < 1.29 is 27.7 Å². The molecule has 0 aliphatic carbocycles. The van der Waals surface area contributed by atoms with Crippen LogP contribution in [0.5, 0.6) is 0 Å². The van der Waals surface area contributed by atoms with Crippen LogP contribution in [0.4, 0.5) is 0 Å². The van der Waals surface area contributed by atoms with E-state index < -0.39 is 7.82 Å². The van der Waals surface area contributed by atoms with Crippen molar-refractivity contribution in [3.05, 3.63) is 11.3 Å². The largest absolute Gasteiger partial charge is 0.529 e. The first-order valence-corrected chi connectivity index (χ1v) is 14.5. The minimum Gasteiger partial charge on any atom is -0.461 e. The van der Waals surface area contributed by atoms with Gasteiger partial charge in [-0.2, -0.15) is 0 Å². The van der Waals surface area contributed by atoms with E-state index in [1.807, 2.05) is 0 Å². The molecule has 188 valence electrons. The minimum absolute atomic E-state index is 0.124. The molecule has 0 amide bonds. The van der Waals surface area contributed by atoms with Gasteiger partial charge in [-0.1, -0.05) is 77.6 Å². The lowest BCUT2D eigenvalue weighted by atomic mass is 10.00. The number of ether oxygens (including phenoxy) is 1. The van der Waals surface area contributed by atoms with Crippen LogP contribution in [0.2, 0.25) is 0 Å². The third-order valence-corrected chi connectivity index (χ3v) is 7.63. The molecule has 0 aromatic carbocycles. The molecule has 2 heterocycles. The van der Waals surface area contributed by atoms with Crippen molar-refractivity contribution in [2.75, 3.05) is 19.8 Å². The SMILES string of the molecule is C#CCCCCCCCCCCCCCCO[P@]1(=O)OC[C@@H]2COC(=O)C2=C(CCCC)O1. The van der Waals surface area contributed by atoms with E-state index in [0.29, 0.717) is 24.4 Å². The number of carbonyl (C=O) groups is 1. The summed E-state index contributed by atoms with van der Waals surface area (Å²) in [5.41, 5.74) is 0.480. The third-order valence-electron chi connectivity index (χ3n) is 6.22. The molecule has 2 atom stereocenters. The summed E-state index contributed by atoms with van der Waals surface area (Å²) in [6.45, 7) is 2.77. The zero-order valence-electron chi connectivity index (χ0n) is 20.5. The van der Waals surface area contributed by atoms with Crippen molar-refractivity contribution in [1.29, 1.82) is 0 Å². The topological polar surface area (TPSA) is 71.1 Å². The Kier molecular flexibility index (Phi) is 13.9. The molecule has 0 radical (unpaired) electrons. The molecule has 2 aliphatic rings. The Balaban J connectivity index is 1.55. The number of terminal acetylenes is 1. The van der Waals surface area contributed by atoms with Crippen LogP contribution in [0.1, 0.15) is 110 Å². The summed E-state index contributed by atoms with van der Waals surface area (Å²) in [6, 6.07) is 0. The predicted octanol–water partition coefficient (Wildman–Crippen LogP) is 7.48. The molecule has 0 aromatic heterocycles. The highest BCUT2D eigenvalue weighted by molar-refractivity contribution is 7.48. The number of hydrogen-bond acceptors (Lipinski definition) is 6. The van der Waals surface area contributed by atoms with Crippen LogP contribution in [0.15, 0.2) is 11.3 Å². The lowest BCUT2D eigenvalue weighted by molar-refractivity contribution is -0.135. The average Bonchev–Trinajstić information content (AvgIpc) is 3.11. The summed E-state index contributed by atoms with van der Waals surface area (Å²) in [5, 5.41) is 0. The number of fused-ring (bicyclic) bond motifs is 1. The number of unbranched alkanes of at least 4 members (excludes halogenated alkanes) is 13. The fourth-order valence-corrected chi connectivity index (χ4v) is 5.58. The van der Waals surface area contributed by atoms with Gasteiger partial charge < -0.3 is 9.26 Å². The molecular formula is C26H43O6P. The summed E-state index contributed by atoms with van der Waals surface area (Å²) in [6.07, 6.45) is 23.0. The zero-order valence-corrected chi connectivity index (χ0v) is 21.4. The van der Waals surface area contributed by atoms with E-state index in [1.165, 1.54) is 57.8 Å². The van der Waals surface area contributed by atoms with Gasteiger partial charge in [0, 0.05) is 12.8 Å². The van der Waals surface area contributed by atoms with Crippen LogP contribution in [0, 0.1) is 18.3 Å². The highest BCUT2D eigenvalue weighted by atomic mass is 31.2. The average molecular weight is 483 g/mol. The van der Waals surface area contributed by atoms with Crippen LogP contribution in [-0.2, 0) is 27.7 Å². The maximum atomic E-state index is 13.0. The maximum absolute atomic E-state index is 13.0. The van der Waals surface area contributed by atoms with Crippen molar-refractivity contribution >= 4 is 13.8 Å². The Labute approximate surface area is 200 Å². The first-order chi connectivity index (χ1) is 16.1. The molecule has 6 nitrogen and oxygen atoms in total. The molecule has 1 saturated heterocycles. The van der Waals surface area contributed by atoms with Crippen LogP contribution in [0.3, 0.4) is 0 Å².